The number of ether oxygens (including phenoxy) is 3. The van der Waals surface area contributed by atoms with E-state index < -0.39 is 11.8 Å². The number of benzene rings is 2. The van der Waals surface area contributed by atoms with Gasteiger partial charge in [0.1, 0.15) is 22.9 Å². The van der Waals surface area contributed by atoms with Crippen molar-refractivity contribution >= 4 is 23.1 Å². The Hall–Kier alpha value is -3.52. The summed E-state index contributed by atoms with van der Waals surface area (Å²) >= 11 is 0. The number of hydrogen-bond donors (Lipinski definition) is 1. The molecule has 0 radical (unpaired) electrons. The lowest BCUT2D eigenvalue weighted by molar-refractivity contribution is -0.120. The SMILES string of the molecule is COc1ccc(N2C(=O)C(c3ccccc3OC)=C(N3CCCC(CO)C3)C2=O)c(OC)c1. The van der Waals surface area contributed by atoms with Crippen molar-refractivity contribution in [3.05, 3.63) is 53.7 Å². The highest BCUT2D eigenvalue weighted by Crippen LogP contribution is 2.42. The number of likely N-dealkylation sites (tertiary alicyclic amines) is 1. The Bertz CT molecular complexity index is 1100. The zero-order valence-electron chi connectivity index (χ0n) is 19.0. The Balaban J connectivity index is 1.87. The third-order valence-corrected chi connectivity index (χ3v) is 6.16. The van der Waals surface area contributed by atoms with Gasteiger partial charge in [-0.2, -0.15) is 0 Å². The standard InChI is InChI=1S/C25H28N2O6/c1-31-17-10-11-19(21(13-17)33-3)27-24(29)22(18-8-4-5-9-20(18)32-2)23(25(27)30)26-12-6-7-16(14-26)15-28/h4-5,8-11,13,16,28H,6-7,12,14-15H2,1-3H3. The quantitative estimate of drug-likeness (QED) is 0.646. The molecule has 0 aromatic heterocycles. The number of aliphatic hydroxyl groups excluding tert-OH is 1. The fourth-order valence-corrected chi connectivity index (χ4v) is 4.51. The summed E-state index contributed by atoms with van der Waals surface area (Å²) in [7, 11) is 4.55. The van der Waals surface area contributed by atoms with E-state index in [1.807, 2.05) is 17.0 Å². The fourth-order valence-electron chi connectivity index (χ4n) is 4.51. The molecule has 2 aromatic rings. The second-order valence-electron chi connectivity index (χ2n) is 8.04. The Kier molecular flexibility index (Phi) is 6.55. The number of carbonyl (C=O) groups excluding carboxylic acids is 2. The number of carbonyl (C=O) groups is 2. The summed E-state index contributed by atoms with van der Waals surface area (Å²) in [6, 6.07) is 12.1. The van der Waals surface area contributed by atoms with Crippen LogP contribution in [0.5, 0.6) is 17.2 Å². The number of hydrogen-bond acceptors (Lipinski definition) is 7. The number of para-hydroxylation sites is 1. The third-order valence-electron chi connectivity index (χ3n) is 6.16. The second-order valence-corrected chi connectivity index (χ2v) is 8.04. The molecule has 2 aliphatic heterocycles. The Morgan fingerprint density at radius 3 is 2.42 bits per heavy atom. The molecule has 1 fully saturated rings. The highest BCUT2D eigenvalue weighted by atomic mass is 16.5. The van der Waals surface area contributed by atoms with Crippen LogP contribution in [-0.4, -0.2) is 62.8 Å². The minimum absolute atomic E-state index is 0.0337. The van der Waals surface area contributed by atoms with Crippen LogP contribution < -0.4 is 19.1 Å². The molecule has 2 aliphatic rings. The molecule has 0 spiro atoms. The predicted molar refractivity (Wildman–Crippen MR) is 123 cm³/mol. The number of methoxy groups -OCH3 is 3. The molecule has 33 heavy (non-hydrogen) atoms. The molecule has 0 aliphatic carbocycles. The van der Waals surface area contributed by atoms with Gasteiger partial charge in [0.2, 0.25) is 0 Å². The molecule has 0 saturated carbocycles. The van der Waals surface area contributed by atoms with Gasteiger partial charge < -0.3 is 24.2 Å². The number of imide groups is 1. The van der Waals surface area contributed by atoms with Gasteiger partial charge in [-0.3, -0.25) is 9.59 Å². The van der Waals surface area contributed by atoms with E-state index in [1.54, 1.807) is 30.3 Å². The maximum atomic E-state index is 13.8. The van der Waals surface area contributed by atoms with Crippen molar-refractivity contribution in [1.82, 2.24) is 4.90 Å². The highest BCUT2D eigenvalue weighted by Gasteiger charge is 2.45. The molecule has 2 heterocycles. The Morgan fingerprint density at radius 1 is 0.970 bits per heavy atom. The van der Waals surface area contributed by atoms with E-state index in [1.165, 1.54) is 21.3 Å². The summed E-state index contributed by atoms with van der Waals surface area (Å²) in [5.74, 6) is 0.568. The van der Waals surface area contributed by atoms with Crippen LogP contribution >= 0.6 is 0 Å². The van der Waals surface area contributed by atoms with E-state index >= 15 is 0 Å². The number of rotatable bonds is 7. The summed E-state index contributed by atoms with van der Waals surface area (Å²) < 4.78 is 16.3. The van der Waals surface area contributed by atoms with E-state index in [-0.39, 0.29) is 18.1 Å². The first-order valence-electron chi connectivity index (χ1n) is 10.9. The van der Waals surface area contributed by atoms with Gasteiger partial charge in [0, 0.05) is 31.3 Å². The van der Waals surface area contributed by atoms with Gasteiger partial charge in [0.05, 0.1) is 32.6 Å². The largest absolute Gasteiger partial charge is 0.497 e. The maximum Gasteiger partial charge on any atom is 0.282 e. The topological polar surface area (TPSA) is 88.5 Å². The maximum absolute atomic E-state index is 13.8. The molecule has 1 unspecified atom stereocenters. The summed E-state index contributed by atoms with van der Waals surface area (Å²) in [5, 5.41) is 9.73. The molecule has 1 saturated heterocycles. The molecule has 1 atom stereocenters. The minimum atomic E-state index is -0.450. The summed E-state index contributed by atoms with van der Waals surface area (Å²) in [5.41, 5.74) is 1.50. The van der Waals surface area contributed by atoms with Gasteiger partial charge in [-0.05, 0) is 37.0 Å². The lowest BCUT2D eigenvalue weighted by atomic mass is 9.96. The first kappa shape index (κ1) is 22.7. The van der Waals surface area contributed by atoms with Crippen LogP contribution in [0.1, 0.15) is 18.4 Å². The van der Waals surface area contributed by atoms with Gasteiger partial charge in [0.25, 0.3) is 11.8 Å². The first-order valence-corrected chi connectivity index (χ1v) is 10.9. The van der Waals surface area contributed by atoms with Crippen LogP contribution in [0.4, 0.5) is 5.69 Å². The predicted octanol–water partition coefficient (Wildman–Crippen LogP) is 2.70. The van der Waals surface area contributed by atoms with Crippen molar-refractivity contribution in [3.63, 3.8) is 0 Å². The van der Waals surface area contributed by atoms with Gasteiger partial charge in [-0.25, -0.2) is 4.90 Å². The molecular weight excluding hydrogens is 424 g/mol. The molecule has 2 aromatic carbocycles. The zero-order valence-corrected chi connectivity index (χ0v) is 19.0. The number of amides is 2. The van der Waals surface area contributed by atoms with Crippen LogP contribution in [0.25, 0.3) is 5.57 Å². The van der Waals surface area contributed by atoms with Gasteiger partial charge >= 0.3 is 0 Å². The van der Waals surface area contributed by atoms with E-state index in [0.717, 1.165) is 17.7 Å². The summed E-state index contributed by atoms with van der Waals surface area (Å²) in [6.45, 7) is 1.15. The van der Waals surface area contributed by atoms with Crippen molar-refractivity contribution in [2.75, 3.05) is 45.9 Å². The van der Waals surface area contributed by atoms with Crippen LogP contribution in [0.2, 0.25) is 0 Å². The molecule has 2 amide bonds. The van der Waals surface area contributed by atoms with E-state index in [9.17, 15) is 14.7 Å². The van der Waals surface area contributed by atoms with E-state index in [2.05, 4.69) is 0 Å². The molecule has 1 N–H and O–H groups in total. The van der Waals surface area contributed by atoms with Gasteiger partial charge in [0.15, 0.2) is 0 Å². The van der Waals surface area contributed by atoms with Gasteiger partial charge in [-0.15, -0.1) is 0 Å². The average Bonchev–Trinajstić information content (AvgIpc) is 3.12. The van der Waals surface area contributed by atoms with E-state index in [0.29, 0.717) is 47.3 Å². The molecule has 8 nitrogen and oxygen atoms in total. The molecular formula is C25H28N2O6. The van der Waals surface area contributed by atoms with Gasteiger partial charge in [-0.1, -0.05) is 18.2 Å². The zero-order chi connectivity index (χ0) is 23.5. The smallest absolute Gasteiger partial charge is 0.282 e. The lowest BCUT2D eigenvalue weighted by Gasteiger charge is -2.34. The van der Waals surface area contributed by atoms with Crippen molar-refractivity contribution < 1.29 is 28.9 Å². The van der Waals surface area contributed by atoms with Crippen molar-refractivity contribution in [2.45, 2.75) is 12.8 Å². The van der Waals surface area contributed by atoms with Crippen molar-refractivity contribution in [3.8, 4) is 17.2 Å². The number of aliphatic hydroxyl groups is 1. The van der Waals surface area contributed by atoms with Crippen molar-refractivity contribution in [1.29, 1.82) is 0 Å². The normalized spacial score (nSPS) is 18.7. The number of nitrogens with zero attached hydrogens (tertiary/aromatic N) is 2. The first-order chi connectivity index (χ1) is 16.0. The van der Waals surface area contributed by atoms with Crippen LogP contribution in [-0.2, 0) is 9.59 Å². The highest BCUT2D eigenvalue weighted by molar-refractivity contribution is 6.46. The molecule has 4 rings (SSSR count). The van der Waals surface area contributed by atoms with E-state index in [4.69, 9.17) is 14.2 Å². The van der Waals surface area contributed by atoms with Crippen LogP contribution in [0.3, 0.4) is 0 Å². The Labute approximate surface area is 193 Å². The molecule has 174 valence electrons. The number of piperidine rings is 1. The fraction of sp³-hybridized carbons (Fsp3) is 0.360. The Morgan fingerprint density at radius 2 is 1.73 bits per heavy atom. The molecule has 0 bridgehead atoms. The third kappa shape index (κ3) is 4.02. The second kappa shape index (κ2) is 9.54. The van der Waals surface area contributed by atoms with Crippen molar-refractivity contribution in [2.24, 2.45) is 5.92 Å². The average molecular weight is 453 g/mol. The van der Waals surface area contributed by atoms with Crippen LogP contribution in [0, 0.1) is 5.92 Å². The summed E-state index contributed by atoms with van der Waals surface area (Å²) in [4.78, 5) is 30.7. The summed E-state index contributed by atoms with van der Waals surface area (Å²) in [6.07, 6.45) is 1.70. The number of anilines is 1. The minimum Gasteiger partial charge on any atom is -0.497 e. The monoisotopic (exact) mass is 452 g/mol. The molecule has 8 heteroatoms. The lowest BCUT2D eigenvalue weighted by Crippen LogP contribution is -2.40. The van der Waals surface area contributed by atoms with Crippen LogP contribution in [0.15, 0.2) is 48.2 Å².